The van der Waals surface area contributed by atoms with Crippen LogP contribution in [0.25, 0.3) is 0 Å². The van der Waals surface area contributed by atoms with E-state index in [0.717, 1.165) is 29.2 Å². The highest BCUT2D eigenvalue weighted by molar-refractivity contribution is 5.95. The molecule has 0 aliphatic heterocycles. The second kappa shape index (κ2) is 6.23. The van der Waals surface area contributed by atoms with Crippen LogP contribution in [-0.2, 0) is 6.54 Å². The van der Waals surface area contributed by atoms with Gasteiger partial charge in [-0.2, -0.15) is 0 Å². The van der Waals surface area contributed by atoms with Crippen LogP contribution in [0.5, 0.6) is 0 Å². The zero-order valence-corrected chi connectivity index (χ0v) is 12.1. The number of nitrogens with one attached hydrogen (secondary N) is 2. The lowest BCUT2D eigenvalue weighted by molar-refractivity contribution is 0.0781. The van der Waals surface area contributed by atoms with Gasteiger partial charge in [0.05, 0.1) is 6.54 Å². The first kappa shape index (κ1) is 14.1. The lowest BCUT2D eigenvalue weighted by Crippen LogP contribution is -2.27. The van der Waals surface area contributed by atoms with Crippen molar-refractivity contribution in [1.82, 2.24) is 14.9 Å². The number of carbonyl (C=O) groups excluding carboxylic acids is 1. The maximum absolute atomic E-state index is 12.4. The summed E-state index contributed by atoms with van der Waals surface area (Å²) in [4.78, 5) is 21.2. The van der Waals surface area contributed by atoms with E-state index in [9.17, 15) is 4.79 Å². The number of hydrogen-bond donors (Lipinski definition) is 2. The standard InChI is InChI=1S/C15H20N4O/c1-4-16-12-5-6-13(11(2)9-12)15(20)19(3)10-14-17-7-8-18-14/h5-9,16H,4,10H2,1-3H3,(H,17,18). The molecule has 20 heavy (non-hydrogen) atoms. The van der Waals surface area contributed by atoms with E-state index < -0.39 is 0 Å². The highest BCUT2D eigenvalue weighted by Crippen LogP contribution is 2.17. The van der Waals surface area contributed by atoms with Gasteiger partial charge in [-0.15, -0.1) is 0 Å². The van der Waals surface area contributed by atoms with Gasteiger partial charge in [0.2, 0.25) is 0 Å². The van der Waals surface area contributed by atoms with Crippen LogP contribution in [0, 0.1) is 6.92 Å². The topological polar surface area (TPSA) is 61.0 Å². The summed E-state index contributed by atoms with van der Waals surface area (Å²) in [6, 6.07) is 5.80. The molecule has 0 atom stereocenters. The lowest BCUT2D eigenvalue weighted by atomic mass is 10.1. The summed E-state index contributed by atoms with van der Waals surface area (Å²) in [6.07, 6.45) is 3.44. The van der Waals surface area contributed by atoms with E-state index in [2.05, 4.69) is 15.3 Å². The summed E-state index contributed by atoms with van der Waals surface area (Å²) >= 11 is 0. The Morgan fingerprint density at radius 2 is 2.25 bits per heavy atom. The molecule has 1 heterocycles. The van der Waals surface area contributed by atoms with Gasteiger partial charge in [0.1, 0.15) is 5.82 Å². The van der Waals surface area contributed by atoms with Gasteiger partial charge in [0.25, 0.3) is 5.91 Å². The molecule has 106 valence electrons. The number of carbonyl (C=O) groups is 1. The minimum absolute atomic E-state index is 0.00180. The number of aromatic amines is 1. The molecule has 0 fully saturated rings. The molecule has 2 N–H and O–H groups in total. The van der Waals surface area contributed by atoms with Crippen molar-refractivity contribution in [2.45, 2.75) is 20.4 Å². The molecule has 1 amide bonds. The van der Waals surface area contributed by atoms with E-state index in [0.29, 0.717) is 6.54 Å². The van der Waals surface area contributed by atoms with Crippen molar-refractivity contribution in [3.05, 3.63) is 47.5 Å². The van der Waals surface area contributed by atoms with Crippen molar-refractivity contribution in [3.8, 4) is 0 Å². The van der Waals surface area contributed by atoms with Crippen molar-refractivity contribution in [1.29, 1.82) is 0 Å². The number of amides is 1. The van der Waals surface area contributed by atoms with Crippen LogP contribution >= 0.6 is 0 Å². The van der Waals surface area contributed by atoms with Gasteiger partial charge >= 0.3 is 0 Å². The van der Waals surface area contributed by atoms with Crippen LogP contribution in [0.4, 0.5) is 5.69 Å². The maximum Gasteiger partial charge on any atom is 0.254 e. The first-order valence-electron chi connectivity index (χ1n) is 6.70. The van der Waals surface area contributed by atoms with Gasteiger partial charge in [0.15, 0.2) is 0 Å². The molecule has 0 unspecified atom stereocenters. The average molecular weight is 272 g/mol. The number of aryl methyl sites for hydroxylation is 1. The molecule has 5 heteroatoms. The van der Waals surface area contributed by atoms with Crippen LogP contribution in [0.1, 0.15) is 28.7 Å². The summed E-state index contributed by atoms with van der Waals surface area (Å²) in [5, 5.41) is 3.24. The van der Waals surface area contributed by atoms with E-state index in [4.69, 9.17) is 0 Å². The smallest absolute Gasteiger partial charge is 0.254 e. The van der Waals surface area contributed by atoms with Crippen LogP contribution in [0.2, 0.25) is 0 Å². The van der Waals surface area contributed by atoms with E-state index >= 15 is 0 Å². The van der Waals surface area contributed by atoms with Crippen molar-refractivity contribution in [2.24, 2.45) is 0 Å². The summed E-state index contributed by atoms with van der Waals surface area (Å²) < 4.78 is 0. The molecule has 0 bridgehead atoms. The molecule has 5 nitrogen and oxygen atoms in total. The lowest BCUT2D eigenvalue weighted by Gasteiger charge is -2.17. The van der Waals surface area contributed by atoms with Gasteiger partial charge in [-0.05, 0) is 37.6 Å². The van der Waals surface area contributed by atoms with Crippen molar-refractivity contribution in [3.63, 3.8) is 0 Å². The Labute approximate surface area is 119 Å². The zero-order chi connectivity index (χ0) is 14.5. The van der Waals surface area contributed by atoms with E-state index in [1.807, 2.05) is 32.0 Å². The van der Waals surface area contributed by atoms with Crippen molar-refractivity contribution in [2.75, 3.05) is 18.9 Å². The molecule has 2 aromatic rings. The average Bonchev–Trinajstić information content (AvgIpc) is 2.91. The van der Waals surface area contributed by atoms with Crippen LogP contribution < -0.4 is 5.32 Å². The first-order chi connectivity index (χ1) is 9.61. The monoisotopic (exact) mass is 272 g/mol. The molecular weight excluding hydrogens is 252 g/mol. The molecule has 1 aromatic heterocycles. The Hall–Kier alpha value is -2.30. The molecule has 0 aliphatic rings. The Kier molecular flexibility index (Phi) is 4.40. The third kappa shape index (κ3) is 3.17. The quantitative estimate of drug-likeness (QED) is 0.878. The Balaban J connectivity index is 2.12. The minimum atomic E-state index is 0.00180. The van der Waals surface area contributed by atoms with E-state index in [-0.39, 0.29) is 5.91 Å². The second-order valence-corrected chi connectivity index (χ2v) is 4.76. The summed E-state index contributed by atoms with van der Waals surface area (Å²) in [6.45, 7) is 5.34. The maximum atomic E-state index is 12.4. The second-order valence-electron chi connectivity index (χ2n) is 4.76. The van der Waals surface area contributed by atoms with Gasteiger partial charge in [-0.1, -0.05) is 0 Å². The van der Waals surface area contributed by atoms with Gasteiger partial charge in [0, 0.05) is 37.2 Å². The predicted molar refractivity (Wildman–Crippen MR) is 79.7 cm³/mol. The predicted octanol–water partition coefficient (Wildman–Crippen LogP) is 2.42. The molecule has 1 aromatic carbocycles. The fourth-order valence-electron chi connectivity index (χ4n) is 2.10. The fraction of sp³-hybridized carbons (Fsp3) is 0.333. The normalized spacial score (nSPS) is 10.3. The largest absolute Gasteiger partial charge is 0.385 e. The number of imidazole rings is 1. The molecule has 0 aliphatic carbocycles. The molecule has 0 saturated heterocycles. The molecule has 0 radical (unpaired) electrons. The summed E-state index contributed by atoms with van der Waals surface area (Å²) in [5.74, 6) is 0.782. The van der Waals surface area contributed by atoms with Gasteiger partial charge < -0.3 is 15.2 Å². The molecule has 0 saturated carbocycles. The number of rotatable bonds is 5. The SMILES string of the molecule is CCNc1ccc(C(=O)N(C)Cc2ncc[nH]2)c(C)c1. The summed E-state index contributed by atoms with van der Waals surface area (Å²) in [5.41, 5.74) is 2.73. The van der Waals surface area contributed by atoms with Crippen molar-refractivity contribution >= 4 is 11.6 Å². The van der Waals surface area contributed by atoms with Gasteiger partial charge in [-0.3, -0.25) is 4.79 Å². The zero-order valence-electron chi connectivity index (χ0n) is 12.1. The highest BCUT2D eigenvalue weighted by Gasteiger charge is 2.15. The minimum Gasteiger partial charge on any atom is -0.385 e. The van der Waals surface area contributed by atoms with E-state index in [1.54, 1.807) is 24.3 Å². The Morgan fingerprint density at radius 1 is 1.45 bits per heavy atom. The number of hydrogen-bond acceptors (Lipinski definition) is 3. The summed E-state index contributed by atoms with van der Waals surface area (Å²) in [7, 11) is 1.78. The fourth-order valence-corrected chi connectivity index (χ4v) is 2.10. The third-order valence-corrected chi connectivity index (χ3v) is 3.13. The van der Waals surface area contributed by atoms with Crippen molar-refractivity contribution < 1.29 is 4.79 Å². The molecule has 2 rings (SSSR count). The van der Waals surface area contributed by atoms with E-state index in [1.165, 1.54) is 0 Å². The Morgan fingerprint density at radius 3 is 2.85 bits per heavy atom. The Bertz CT molecular complexity index is 578. The van der Waals surface area contributed by atoms with Crippen LogP contribution in [-0.4, -0.2) is 34.4 Å². The van der Waals surface area contributed by atoms with Gasteiger partial charge in [-0.25, -0.2) is 4.98 Å². The van der Waals surface area contributed by atoms with Crippen LogP contribution in [0.15, 0.2) is 30.6 Å². The number of H-pyrrole nitrogens is 1. The molecule has 0 spiro atoms. The number of benzene rings is 1. The number of nitrogens with zero attached hydrogens (tertiary/aromatic N) is 2. The number of aromatic nitrogens is 2. The third-order valence-electron chi connectivity index (χ3n) is 3.13. The van der Waals surface area contributed by atoms with Crippen LogP contribution in [0.3, 0.4) is 0 Å². The first-order valence-corrected chi connectivity index (χ1v) is 6.70. The highest BCUT2D eigenvalue weighted by atomic mass is 16.2. The molecular formula is C15H20N4O. The number of anilines is 1.